The van der Waals surface area contributed by atoms with Crippen LogP contribution in [0.1, 0.15) is 68.6 Å². The van der Waals surface area contributed by atoms with Crippen LogP contribution >= 0.6 is 0 Å². The van der Waals surface area contributed by atoms with Gasteiger partial charge < -0.3 is 9.32 Å². The zero-order chi connectivity index (χ0) is 42.1. The zero-order valence-electron chi connectivity index (χ0n) is 35.9. The molecule has 0 spiro atoms. The number of benzene rings is 9. The topological polar surface area (TPSA) is 16.4 Å². The lowest BCUT2D eigenvalue weighted by Crippen LogP contribution is -2.16. The molecule has 0 saturated heterocycles. The third-order valence-corrected chi connectivity index (χ3v) is 14.2. The van der Waals surface area contributed by atoms with Crippen LogP contribution in [0.3, 0.4) is 0 Å². The Balaban J connectivity index is 1.03. The number of rotatable bonds is 7. The summed E-state index contributed by atoms with van der Waals surface area (Å²) >= 11 is 0. The molecule has 0 unspecified atom stereocenters. The Labute approximate surface area is 370 Å². The van der Waals surface area contributed by atoms with Crippen molar-refractivity contribution in [2.75, 3.05) is 4.90 Å². The van der Waals surface area contributed by atoms with E-state index < -0.39 is 0 Å². The Bertz CT molecular complexity index is 3360. The molecule has 2 nitrogen and oxygen atoms in total. The number of para-hydroxylation sites is 2. The van der Waals surface area contributed by atoms with Gasteiger partial charge in [-0.3, -0.25) is 0 Å². The van der Waals surface area contributed by atoms with Gasteiger partial charge in [0, 0.05) is 33.1 Å². The number of fused-ring (bicyclic) bond motifs is 7. The molecule has 1 fully saturated rings. The highest BCUT2D eigenvalue weighted by molar-refractivity contribution is 6.07. The van der Waals surface area contributed by atoms with E-state index in [1.165, 1.54) is 104 Å². The second-order valence-corrected chi connectivity index (χ2v) is 18.2. The summed E-state index contributed by atoms with van der Waals surface area (Å²) in [7, 11) is 0. The summed E-state index contributed by atoms with van der Waals surface area (Å²) < 4.78 is 6.20. The lowest BCUT2D eigenvalue weighted by molar-refractivity contribution is 0.445. The molecule has 0 bridgehead atoms. The van der Waals surface area contributed by atoms with Gasteiger partial charge in [0.25, 0.3) is 0 Å². The molecular weight excluding hydrogens is 763 g/mol. The number of furan rings is 1. The molecule has 1 aromatic heterocycles. The van der Waals surface area contributed by atoms with Crippen LogP contribution in [0.15, 0.2) is 199 Å². The van der Waals surface area contributed by atoms with E-state index in [1.807, 2.05) is 12.1 Å². The van der Waals surface area contributed by atoms with Gasteiger partial charge in [0.2, 0.25) is 0 Å². The van der Waals surface area contributed by atoms with Crippen LogP contribution < -0.4 is 4.90 Å². The molecule has 2 aliphatic carbocycles. The smallest absolute Gasteiger partial charge is 0.135 e. The van der Waals surface area contributed by atoms with E-state index in [1.54, 1.807) is 0 Å². The standard InChI is InChI=1S/C61H49NO/c1-61(2)55-29-9-6-22-49(55)53-28-15-26-48(60(53)61)44-20-12-21-46(38-44)62(45-35-32-40(33-36-45)43-34-37-58-54(39-43)51-24-8-11-31-57(51)63-58)56-30-10-7-23-50(56)52-27-14-19-42-18-13-25-47(59(42)52)41-16-4-3-5-17-41/h6-15,18-39,41H,3-5,16-17H2,1-2H3. The van der Waals surface area contributed by atoms with Crippen LogP contribution in [0.5, 0.6) is 0 Å². The van der Waals surface area contributed by atoms with E-state index >= 15 is 0 Å². The zero-order valence-corrected chi connectivity index (χ0v) is 35.9. The second kappa shape index (κ2) is 15.0. The minimum atomic E-state index is -0.128. The molecule has 2 heteroatoms. The molecule has 9 aromatic carbocycles. The quantitative estimate of drug-likeness (QED) is 0.159. The fourth-order valence-corrected chi connectivity index (χ4v) is 11.3. The van der Waals surface area contributed by atoms with Gasteiger partial charge in [0.1, 0.15) is 11.2 Å². The first-order valence-corrected chi connectivity index (χ1v) is 22.8. The van der Waals surface area contributed by atoms with Gasteiger partial charge in [0.15, 0.2) is 0 Å². The van der Waals surface area contributed by atoms with Crippen molar-refractivity contribution in [2.45, 2.75) is 57.3 Å². The van der Waals surface area contributed by atoms with Crippen molar-refractivity contribution in [2.24, 2.45) is 0 Å². The molecule has 10 aromatic rings. The summed E-state index contributed by atoms with van der Waals surface area (Å²) in [5.74, 6) is 0.582. The number of nitrogens with zero attached hydrogens (tertiary/aromatic N) is 1. The molecule has 63 heavy (non-hydrogen) atoms. The Hall–Kier alpha value is -7.16. The first-order valence-electron chi connectivity index (χ1n) is 22.8. The van der Waals surface area contributed by atoms with Gasteiger partial charge >= 0.3 is 0 Å². The normalized spacial score (nSPS) is 14.6. The van der Waals surface area contributed by atoms with E-state index in [4.69, 9.17) is 4.42 Å². The highest BCUT2D eigenvalue weighted by Gasteiger charge is 2.37. The van der Waals surface area contributed by atoms with Gasteiger partial charge in [-0.25, -0.2) is 0 Å². The third kappa shape index (κ3) is 6.22. The first-order chi connectivity index (χ1) is 31.0. The van der Waals surface area contributed by atoms with Crippen molar-refractivity contribution in [3.05, 3.63) is 211 Å². The Morgan fingerprint density at radius 3 is 2.00 bits per heavy atom. The van der Waals surface area contributed by atoms with Crippen LogP contribution in [0, 0.1) is 0 Å². The van der Waals surface area contributed by atoms with Crippen molar-refractivity contribution in [3.8, 4) is 44.5 Å². The molecule has 1 saturated carbocycles. The number of hydrogen-bond donors (Lipinski definition) is 0. The van der Waals surface area contributed by atoms with Crippen molar-refractivity contribution >= 4 is 49.8 Å². The molecule has 12 rings (SSSR count). The average molecular weight is 812 g/mol. The van der Waals surface area contributed by atoms with E-state index in [0.29, 0.717) is 5.92 Å². The van der Waals surface area contributed by atoms with E-state index in [-0.39, 0.29) is 5.41 Å². The van der Waals surface area contributed by atoms with Crippen LogP contribution in [-0.4, -0.2) is 0 Å². The van der Waals surface area contributed by atoms with Crippen molar-refractivity contribution in [1.82, 2.24) is 0 Å². The van der Waals surface area contributed by atoms with E-state index in [0.717, 1.165) is 39.0 Å². The lowest BCUT2D eigenvalue weighted by Gasteiger charge is -2.30. The van der Waals surface area contributed by atoms with Gasteiger partial charge in [-0.15, -0.1) is 0 Å². The highest BCUT2D eigenvalue weighted by Crippen LogP contribution is 2.53. The van der Waals surface area contributed by atoms with Crippen LogP contribution in [0.25, 0.3) is 77.2 Å². The Kier molecular flexibility index (Phi) is 8.97. The summed E-state index contributed by atoms with van der Waals surface area (Å²) in [6.07, 6.45) is 6.47. The van der Waals surface area contributed by atoms with Gasteiger partial charge in [-0.05, 0) is 134 Å². The number of hydrogen-bond acceptors (Lipinski definition) is 2. The average Bonchev–Trinajstić information content (AvgIpc) is 3.83. The minimum absolute atomic E-state index is 0.128. The SMILES string of the molecule is CC1(C)c2ccccc2-c2cccc(-c3cccc(N(c4ccc(-c5ccc6oc7ccccc7c6c5)cc4)c4ccccc4-c4cccc5cccc(C6CCCCC6)c45)c3)c21. The summed E-state index contributed by atoms with van der Waals surface area (Å²) in [5.41, 5.74) is 19.4. The van der Waals surface area contributed by atoms with Crippen LogP contribution in [-0.2, 0) is 5.41 Å². The first kappa shape index (κ1) is 37.6. The molecular formula is C61H49NO. The fourth-order valence-electron chi connectivity index (χ4n) is 11.3. The second-order valence-electron chi connectivity index (χ2n) is 18.2. The third-order valence-electron chi connectivity index (χ3n) is 14.2. The molecule has 1 heterocycles. The Morgan fingerprint density at radius 2 is 1.13 bits per heavy atom. The summed E-state index contributed by atoms with van der Waals surface area (Å²) in [6, 6.07) is 72.0. The molecule has 0 atom stereocenters. The molecule has 0 N–H and O–H groups in total. The van der Waals surface area contributed by atoms with E-state index in [9.17, 15) is 0 Å². The molecule has 304 valence electrons. The molecule has 2 aliphatic rings. The van der Waals surface area contributed by atoms with Crippen LogP contribution in [0.2, 0.25) is 0 Å². The van der Waals surface area contributed by atoms with Crippen molar-refractivity contribution in [3.63, 3.8) is 0 Å². The molecule has 0 amide bonds. The van der Waals surface area contributed by atoms with Gasteiger partial charge in [0.05, 0.1) is 5.69 Å². The lowest BCUT2D eigenvalue weighted by atomic mass is 9.79. The maximum atomic E-state index is 6.20. The van der Waals surface area contributed by atoms with E-state index in [2.05, 4.69) is 201 Å². The highest BCUT2D eigenvalue weighted by atomic mass is 16.3. The summed E-state index contributed by atoms with van der Waals surface area (Å²) in [5, 5.41) is 4.99. The Morgan fingerprint density at radius 1 is 0.460 bits per heavy atom. The molecule has 0 aliphatic heterocycles. The van der Waals surface area contributed by atoms with Crippen molar-refractivity contribution < 1.29 is 4.42 Å². The summed E-state index contributed by atoms with van der Waals surface area (Å²) in [6.45, 7) is 4.77. The van der Waals surface area contributed by atoms with Crippen molar-refractivity contribution in [1.29, 1.82) is 0 Å². The fraction of sp³-hybridized carbons (Fsp3) is 0.148. The van der Waals surface area contributed by atoms with Gasteiger partial charge in [-0.1, -0.05) is 179 Å². The number of anilines is 3. The largest absolute Gasteiger partial charge is 0.456 e. The van der Waals surface area contributed by atoms with Gasteiger partial charge in [-0.2, -0.15) is 0 Å². The maximum absolute atomic E-state index is 6.20. The summed E-state index contributed by atoms with van der Waals surface area (Å²) in [4.78, 5) is 2.49. The minimum Gasteiger partial charge on any atom is -0.456 e. The predicted molar refractivity (Wildman–Crippen MR) is 266 cm³/mol. The molecule has 0 radical (unpaired) electrons. The predicted octanol–water partition coefficient (Wildman–Crippen LogP) is 17.6. The maximum Gasteiger partial charge on any atom is 0.135 e. The monoisotopic (exact) mass is 811 g/mol. The van der Waals surface area contributed by atoms with Crippen LogP contribution in [0.4, 0.5) is 17.1 Å².